The monoisotopic (exact) mass is 208 g/mol. The van der Waals surface area contributed by atoms with Gasteiger partial charge in [-0.25, -0.2) is 4.98 Å². The van der Waals surface area contributed by atoms with Crippen LogP contribution >= 0.6 is 0 Å². The minimum Gasteiger partial charge on any atom is -0.444 e. The first-order chi connectivity index (χ1) is 7.25. The fourth-order valence-electron chi connectivity index (χ4n) is 2.27. The Morgan fingerprint density at radius 2 is 2.13 bits per heavy atom. The molecule has 0 radical (unpaired) electrons. The summed E-state index contributed by atoms with van der Waals surface area (Å²) in [5.41, 5.74) is 0. The highest BCUT2D eigenvalue weighted by molar-refractivity contribution is 4.95. The average Bonchev–Trinajstić information content (AvgIpc) is 2.66. The minimum atomic E-state index is 0.238. The molecule has 3 heteroatoms. The van der Waals surface area contributed by atoms with Gasteiger partial charge in [0, 0.05) is 6.04 Å². The molecule has 1 fully saturated rings. The fourth-order valence-corrected chi connectivity index (χ4v) is 2.27. The normalized spacial score (nSPS) is 20.4. The lowest BCUT2D eigenvalue weighted by atomic mass is 9.95. The van der Waals surface area contributed by atoms with Gasteiger partial charge in [-0.15, -0.1) is 0 Å². The van der Waals surface area contributed by atoms with Crippen LogP contribution in [0.1, 0.15) is 56.7 Å². The van der Waals surface area contributed by atoms with Crippen LogP contribution in [0.5, 0.6) is 0 Å². The first-order valence-electron chi connectivity index (χ1n) is 5.94. The summed E-state index contributed by atoms with van der Waals surface area (Å²) in [6.45, 7) is 4.06. The third-order valence-corrected chi connectivity index (χ3v) is 3.10. The van der Waals surface area contributed by atoms with E-state index < -0.39 is 0 Å². The highest BCUT2D eigenvalue weighted by Gasteiger charge is 2.18. The van der Waals surface area contributed by atoms with E-state index in [9.17, 15) is 0 Å². The molecule has 1 aromatic rings. The Morgan fingerprint density at radius 1 is 1.40 bits per heavy atom. The molecule has 1 N–H and O–H groups in total. The zero-order chi connectivity index (χ0) is 10.7. The molecule has 0 aromatic carbocycles. The number of aromatic nitrogens is 1. The van der Waals surface area contributed by atoms with Crippen molar-refractivity contribution in [2.75, 3.05) is 0 Å². The molecular weight excluding hydrogens is 188 g/mol. The Balaban J connectivity index is 1.88. The van der Waals surface area contributed by atoms with Crippen molar-refractivity contribution < 1.29 is 4.42 Å². The molecule has 1 saturated carbocycles. The van der Waals surface area contributed by atoms with Crippen LogP contribution in [0, 0.1) is 6.92 Å². The molecule has 0 saturated heterocycles. The molecule has 3 nitrogen and oxygen atoms in total. The molecule has 0 aliphatic heterocycles. The van der Waals surface area contributed by atoms with Crippen LogP contribution in [-0.4, -0.2) is 11.0 Å². The summed E-state index contributed by atoms with van der Waals surface area (Å²) in [6, 6.07) is 0.891. The maximum Gasteiger partial charge on any atom is 0.211 e. The quantitative estimate of drug-likeness (QED) is 0.830. The summed E-state index contributed by atoms with van der Waals surface area (Å²) in [4.78, 5) is 4.25. The molecule has 0 bridgehead atoms. The van der Waals surface area contributed by atoms with Crippen molar-refractivity contribution in [2.45, 2.75) is 58.0 Å². The summed E-state index contributed by atoms with van der Waals surface area (Å²) in [7, 11) is 0. The second kappa shape index (κ2) is 4.79. The zero-order valence-electron chi connectivity index (χ0n) is 9.62. The van der Waals surface area contributed by atoms with Crippen molar-refractivity contribution in [1.29, 1.82) is 0 Å². The van der Waals surface area contributed by atoms with E-state index in [0.29, 0.717) is 6.04 Å². The molecule has 84 valence electrons. The molecule has 1 heterocycles. The van der Waals surface area contributed by atoms with Gasteiger partial charge in [0.1, 0.15) is 5.76 Å². The van der Waals surface area contributed by atoms with E-state index in [0.717, 1.165) is 11.7 Å². The average molecular weight is 208 g/mol. The Hall–Kier alpha value is -0.830. The Bertz CT molecular complexity index is 302. The number of oxazole rings is 1. The van der Waals surface area contributed by atoms with E-state index in [-0.39, 0.29) is 6.04 Å². The lowest BCUT2D eigenvalue weighted by Gasteiger charge is -2.25. The molecule has 15 heavy (non-hydrogen) atoms. The van der Waals surface area contributed by atoms with Gasteiger partial charge in [0.2, 0.25) is 5.89 Å². The summed E-state index contributed by atoms with van der Waals surface area (Å²) >= 11 is 0. The SMILES string of the molecule is Cc1cnc(C(C)NC2CCCCC2)o1. The van der Waals surface area contributed by atoms with E-state index in [2.05, 4.69) is 17.2 Å². The maximum atomic E-state index is 5.51. The Kier molecular flexibility index (Phi) is 3.41. The highest BCUT2D eigenvalue weighted by Crippen LogP contribution is 2.21. The number of hydrogen-bond donors (Lipinski definition) is 1. The highest BCUT2D eigenvalue weighted by atomic mass is 16.4. The van der Waals surface area contributed by atoms with Gasteiger partial charge in [-0.1, -0.05) is 19.3 Å². The lowest BCUT2D eigenvalue weighted by molar-refractivity contribution is 0.315. The van der Waals surface area contributed by atoms with Gasteiger partial charge in [-0.3, -0.25) is 0 Å². The van der Waals surface area contributed by atoms with Crippen LogP contribution in [0.15, 0.2) is 10.6 Å². The summed E-state index contributed by atoms with van der Waals surface area (Å²) in [5.74, 6) is 1.71. The summed E-state index contributed by atoms with van der Waals surface area (Å²) in [5, 5.41) is 3.59. The topological polar surface area (TPSA) is 38.1 Å². The van der Waals surface area contributed by atoms with Gasteiger partial charge in [0.05, 0.1) is 12.2 Å². The Morgan fingerprint density at radius 3 is 2.73 bits per heavy atom. The third kappa shape index (κ3) is 2.81. The van der Waals surface area contributed by atoms with Crippen LogP contribution in [-0.2, 0) is 0 Å². The van der Waals surface area contributed by atoms with Crippen molar-refractivity contribution in [1.82, 2.24) is 10.3 Å². The number of rotatable bonds is 3. The first-order valence-corrected chi connectivity index (χ1v) is 5.94. The number of hydrogen-bond acceptors (Lipinski definition) is 3. The van der Waals surface area contributed by atoms with E-state index in [1.165, 1.54) is 32.1 Å². The van der Waals surface area contributed by atoms with E-state index in [1.54, 1.807) is 6.20 Å². The maximum absolute atomic E-state index is 5.51. The van der Waals surface area contributed by atoms with Crippen LogP contribution < -0.4 is 5.32 Å². The lowest BCUT2D eigenvalue weighted by Crippen LogP contribution is -2.33. The van der Waals surface area contributed by atoms with Crippen molar-refractivity contribution in [3.63, 3.8) is 0 Å². The number of nitrogens with one attached hydrogen (secondary N) is 1. The third-order valence-electron chi connectivity index (χ3n) is 3.10. The minimum absolute atomic E-state index is 0.238. The largest absolute Gasteiger partial charge is 0.444 e. The van der Waals surface area contributed by atoms with Gasteiger partial charge < -0.3 is 9.73 Å². The molecule has 1 atom stereocenters. The fraction of sp³-hybridized carbons (Fsp3) is 0.750. The number of aryl methyl sites for hydroxylation is 1. The standard InChI is InChI=1S/C12H20N2O/c1-9-8-13-12(15-9)10(2)14-11-6-4-3-5-7-11/h8,10-11,14H,3-7H2,1-2H3. The van der Waals surface area contributed by atoms with Crippen LogP contribution in [0.25, 0.3) is 0 Å². The first kappa shape index (κ1) is 10.7. The molecular formula is C12H20N2O. The zero-order valence-corrected chi connectivity index (χ0v) is 9.62. The molecule has 2 rings (SSSR count). The van der Waals surface area contributed by atoms with Gasteiger partial charge in [0.15, 0.2) is 0 Å². The Labute approximate surface area is 91.3 Å². The molecule has 1 aliphatic carbocycles. The van der Waals surface area contributed by atoms with E-state index in [1.807, 2.05) is 6.92 Å². The molecule has 1 unspecified atom stereocenters. The summed E-state index contributed by atoms with van der Waals surface area (Å²) in [6.07, 6.45) is 8.48. The smallest absolute Gasteiger partial charge is 0.211 e. The van der Waals surface area contributed by atoms with E-state index >= 15 is 0 Å². The van der Waals surface area contributed by atoms with Gasteiger partial charge in [0.25, 0.3) is 0 Å². The van der Waals surface area contributed by atoms with Crippen molar-refractivity contribution in [3.05, 3.63) is 17.8 Å². The molecule has 0 spiro atoms. The molecule has 0 amide bonds. The number of nitrogens with zero attached hydrogens (tertiary/aromatic N) is 1. The second-order valence-corrected chi connectivity index (χ2v) is 4.53. The van der Waals surface area contributed by atoms with Crippen molar-refractivity contribution in [2.24, 2.45) is 0 Å². The van der Waals surface area contributed by atoms with E-state index in [4.69, 9.17) is 4.42 Å². The van der Waals surface area contributed by atoms with Gasteiger partial charge in [-0.05, 0) is 26.7 Å². The van der Waals surface area contributed by atoms with Crippen LogP contribution in [0.3, 0.4) is 0 Å². The second-order valence-electron chi connectivity index (χ2n) is 4.53. The molecule has 1 aromatic heterocycles. The predicted octanol–water partition coefficient (Wildman–Crippen LogP) is 2.97. The molecule has 1 aliphatic rings. The van der Waals surface area contributed by atoms with Crippen molar-refractivity contribution in [3.8, 4) is 0 Å². The van der Waals surface area contributed by atoms with Crippen molar-refractivity contribution >= 4 is 0 Å². The van der Waals surface area contributed by atoms with Gasteiger partial charge >= 0.3 is 0 Å². The van der Waals surface area contributed by atoms with Crippen LogP contribution in [0.4, 0.5) is 0 Å². The van der Waals surface area contributed by atoms with Gasteiger partial charge in [-0.2, -0.15) is 0 Å². The predicted molar refractivity (Wildman–Crippen MR) is 59.7 cm³/mol. The van der Waals surface area contributed by atoms with Crippen LogP contribution in [0.2, 0.25) is 0 Å². The summed E-state index contributed by atoms with van der Waals surface area (Å²) < 4.78 is 5.51.